The van der Waals surface area contributed by atoms with Gasteiger partial charge >= 0.3 is 5.97 Å². The molecule has 0 unspecified atom stereocenters. The van der Waals surface area contributed by atoms with Gasteiger partial charge in [0.05, 0.1) is 12.5 Å². The van der Waals surface area contributed by atoms with Crippen LogP contribution >= 0.6 is 0 Å². The fraction of sp³-hybridized carbons (Fsp3) is 0.889. The van der Waals surface area contributed by atoms with Crippen LogP contribution in [0, 0.1) is 5.92 Å². The number of carbonyl (C=O) groups is 1. The molecule has 0 saturated carbocycles. The topological polar surface area (TPSA) is 57.5 Å². The maximum atomic E-state index is 10.3. The number of aliphatic hydroxyl groups is 1. The second-order valence-electron chi connectivity index (χ2n) is 3.28. The van der Waals surface area contributed by atoms with Gasteiger partial charge in [-0.1, -0.05) is 26.7 Å². The third kappa shape index (κ3) is 5.13. The van der Waals surface area contributed by atoms with E-state index >= 15 is 0 Å². The molecule has 0 saturated heterocycles. The van der Waals surface area contributed by atoms with E-state index in [2.05, 4.69) is 6.92 Å². The summed E-state index contributed by atoms with van der Waals surface area (Å²) >= 11 is 0. The Balaban J connectivity index is 3.60. The van der Waals surface area contributed by atoms with E-state index in [1.54, 1.807) is 6.92 Å². The van der Waals surface area contributed by atoms with E-state index in [0.29, 0.717) is 6.42 Å². The molecule has 0 bridgehead atoms. The van der Waals surface area contributed by atoms with Crippen molar-refractivity contribution in [1.29, 1.82) is 0 Å². The summed E-state index contributed by atoms with van der Waals surface area (Å²) < 4.78 is 0. The average Bonchev–Trinajstić information content (AvgIpc) is 1.98. The number of aliphatic carboxylic acids is 1. The molecule has 2 N–H and O–H groups in total. The SMILES string of the molecule is CCCC[C@H](O)[C@@H](C)CC(=O)O. The van der Waals surface area contributed by atoms with Crippen molar-refractivity contribution in [3.05, 3.63) is 0 Å². The number of aliphatic hydroxyl groups excluding tert-OH is 1. The van der Waals surface area contributed by atoms with Crippen molar-refractivity contribution in [3.63, 3.8) is 0 Å². The number of hydrogen-bond acceptors (Lipinski definition) is 2. The summed E-state index contributed by atoms with van der Waals surface area (Å²) in [6.45, 7) is 3.82. The summed E-state index contributed by atoms with van der Waals surface area (Å²) in [5.41, 5.74) is 0. The van der Waals surface area contributed by atoms with E-state index in [9.17, 15) is 9.90 Å². The Morgan fingerprint density at radius 3 is 2.50 bits per heavy atom. The zero-order valence-electron chi connectivity index (χ0n) is 7.79. The first-order valence-corrected chi connectivity index (χ1v) is 4.47. The fourth-order valence-electron chi connectivity index (χ4n) is 1.11. The number of unbranched alkanes of at least 4 members (excludes halogenated alkanes) is 1. The lowest BCUT2D eigenvalue weighted by atomic mass is 9.97. The molecule has 0 heterocycles. The molecule has 0 fully saturated rings. The zero-order valence-corrected chi connectivity index (χ0v) is 7.79. The molecule has 0 aliphatic carbocycles. The van der Waals surface area contributed by atoms with Gasteiger partial charge < -0.3 is 10.2 Å². The second kappa shape index (κ2) is 6.00. The van der Waals surface area contributed by atoms with Crippen LogP contribution in [0.1, 0.15) is 39.5 Å². The molecule has 0 aromatic rings. The molecule has 12 heavy (non-hydrogen) atoms. The molecule has 0 rings (SSSR count). The van der Waals surface area contributed by atoms with E-state index in [1.807, 2.05) is 0 Å². The van der Waals surface area contributed by atoms with Crippen LogP contribution in [-0.4, -0.2) is 22.3 Å². The van der Waals surface area contributed by atoms with Crippen LogP contribution in [0.15, 0.2) is 0 Å². The van der Waals surface area contributed by atoms with E-state index in [0.717, 1.165) is 12.8 Å². The summed E-state index contributed by atoms with van der Waals surface area (Å²) in [6, 6.07) is 0. The molecular weight excluding hydrogens is 156 g/mol. The molecule has 3 nitrogen and oxygen atoms in total. The molecule has 0 aliphatic heterocycles. The number of rotatable bonds is 6. The van der Waals surface area contributed by atoms with E-state index < -0.39 is 12.1 Å². The van der Waals surface area contributed by atoms with Gasteiger partial charge in [-0.3, -0.25) is 4.79 Å². The van der Waals surface area contributed by atoms with Crippen molar-refractivity contribution in [2.24, 2.45) is 5.92 Å². The molecule has 0 aromatic carbocycles. The lowest BCUT2D eigenvalue weighted by Gasteiger charge is -2.16. The fourth-order valence-corrected chi connectivity index (χ4v) is 1.11. The molecule has 2 atom stereocenters. The van der Waals surface area contributed by atoms with Gasteiger partial charge in [0, 0.05) is 0 Å². The van der Waals surface area contributed by atoms with Crippen molar-refractivity contribution in [1.82, 2.24) is 0 Å². The predicted molar refractivity (Wildman–Crippen MR) is 46.9 cm³/mol. The summed E-state index contributed by atoms with van der Waals surface area (Å²) in [5, 5.41) is 17.9. The summed E-state index contributed by atoms with van der Waals surface area (Å²) in [5.74, 6) is -0.966. The van der Waals surface area contributed by atoms with Gasteiger partial charge in [-0.2, -0.15) is 0 Å². The first-order chi connectivity index (χ1) is 5.57. The molecule has 72 valence electrons. The monoisotopic (exact) mass is 174 g/mol. The Morgan fingerprint density at radius 2 is 2.08 bits per heavy atom. The van der Waals surface area contributed by atoms with Crippen molar-refractivity contribution < 1.29 is 15.0 Å². The maximum Gasteiger partial charge on any atom is 0.303 e. The van der Waals surface area contributed by atoms with Gasteiger partial charge in [-0.25, -0.2) is 0 Å². The van der Waals surface area contributed by atoms with Gasteiger partial charge in [-0.05, 0) is 12.3 Å². The predicted octanol–water partition coefficient (Wildman–Crippen LogP) is 1.65. The average molecular weight is 174 g/mol. The third-order valence-electron chi connectivity index (χ3n) is 2.01. The molecule has 0 aliphatic rings. The number of carboxylic acids is 1. The third-order valence-corrected chi connectivity index (χ3v) is 2.01. The van der Waals surface area contributed by atoms with Crippen LogP contribution < -0.4 is 0 Å². The highest BCUT2D eigenvalue weighted by molar-refractivity contribution is 5.67. The first-order valence-electron chi connectivity index (χ1n) is 4.47. The quantitative estimate of drug-likeness (QED) is 0.643. The molecule has 0 spiro atoms. The summed E-state index contributed by atoms with van der Waals surface area (Å²) in [6.07, 6.45) is 2.32. The van der Waals surface area contributed by atoms with Gasteiger partial charge in [0.1, 0.15) is 0 Å². The smallest absolute Gasteiger partial charge is 0.303 e. The Morgan fingerprint density at radius 1 is 1.50 bits per heavy atom. The number of hydrogen-bond donors (Lipinski definition) is 2. The molecule has 3 heteroatoms. The minimum atomic E-state index is -0.835. The highest BCUT2D eigenvalue weighted by Crippen LogP contribution is 2.13. The largest absolute Gasteiger partial charge is 0.481 e. The molecule has 0 radical (unpaired) electrons. The minimum Gasteiger partial charge on any atom is -0.481 e. The Kier molecular flexibility index (Phi) is 5.72. The van der Waals surface area contributed by atoms with Gasteiger partial charge in [0.2, 0.25) is 0 Å². The highest BCUT2D eigenvalue weighted by atomic mass is 16.4. The number of carboxylic acid groups (broad SMARTS) is 1. The molecule has 0 amide bonds. The van der Waals surface area contributed by atoms with Crippen LogP contribution in [0.5, 0.6) is 0 Å². The Hall–Kier alpha value is -0.570. The minimum absolute atomic E-state index is 0.0604. The van der Waals surface area contributed by atoms with Crippen molar-refractivity contribution in [2.75, 3.05) is 0 Å². The maximum absolute atomic E-state index is 10.3. The van der Waals surface area contributed by atoms with Crippen LogP contribution in [0.4, 0.5) is 0 Å². The Labute approximate surface area is 73.4 Å². The Bertz CT molecular complexity index is 134. The summed E-state index contributed by atoms with van der Waals surface area (Å²) in [7, 11) is 0. The second-order valence-corrected chi connectivity index (χ2v) is 3.28. The van der Waals surface area contributed by atoms with Crippen molar-refractivity contribution in [2.45, 2.75) is 45.6 Å². The lowest BCUT2D eigenvalue weighted by molar-refractivity contribution is -0.139. The molecule has 0 aromatic heterocycles. The van der Waals surface area contributed by atoms with E-state index in [4.69, 9.17) is 5.11 Å². The highest BCUT2D eigenvalue weighted by Gasteiger charge is 2.16. The van der Waals surface area contributed by atoms with Crippen LogP contribution in [-0.2, 0) is 4.79 Å². The zero-order chi connectivity index (χ0) is 9.56. The van der Waals surface area contributed by atoms with Crippen LogP contribution in [0.3, 0.4) is 0 Å². The van der Waals surface area contributed by atoms with Gasteiger partial charge in [0.15, 0.2) is 0 Å². The van der Waals surface area contributed by atoms with Gasteiger partial charge in [-0.15, -0.1) is 0 Å². The van der Waals surface area contributed by atoms with Crippen LogP contribution in [0.2, 0.25) is 0 Å². The van der Waals surface area contributed by atoms with E-state index in [1.165, 1.54) is 0 Å². The lowest BCUT2D eigenvalue weighted by Crippen LogP contribution is -2.20. The van der Waals surface area contributed by atoms with Crippen molar-refractivity contribution >= 4 is 5.97 Å². The van der Waals surface area contributed by atoms with Gasteiger partial charge in [0.25, 0.3) is 0 Å². The first kappa shape index (κ1) is 11.4. The standard InChI is InChI=1S/C9H18O3/c1-3-4-5-8(10)7(2)6-9(11)12/h7-8,10H,3-6H2,1-2H3,(H,11,12)/t7-,8-/m0/s1. The van der Waals surface area contributed by atoms with Crippen molar-refractivity contribution in [3.8, 4) is 0 Å². The van der Waals surface area contributed by atoms with E-state index in [-0.39, 0.29) is 12.3 Å². The molecular formula is C9H18O3. The van der Waals surface area contributed by atoms with Crippen LogP contribution in [0.25, 0.3) is 0 Å². The summed E-state index contributed by atoms with van der Waals surface area (Å²) in [4.78, 5) is 10.3. The normalized spacial score (nSPS) is 15.6.